The predicted molar refractivity (Wildman–Crippen MR) is 78.4 cm³/mol. The van der Waals surface area contributed by atoms with E-state index in [4.69, 9.17) is 0 Å². The number of amides is 1. The van der Waals surface area contributed by atoms with Crippen LogP contribution in [0, 0.1) is 18.8 Å². The lowest BCUT2D eigenvalue weighted by atomic mass is 9.87. The fourth-order valence-electron chi connectivity index (χ4n) is 3.63. The number of nitrogens with zero attached hydrogens (tertiary/aromatic N) is 1. The molecule has 1 aromatic rings. The van der Waals surface area contributed by atoms with E-state index >= 15 is 0 Å². The SMILES string of the molecule is Cc1nc2c([nH]1)CC(C(=O)NCC1CCCCC1)CC2. The van der Waals surface area contributed by atoms with Gasteiger partial charge in [-0.1, -0.05) is 19.3 Å². The third kappa shape index (κ3) is 3.05. The monoisotopic (exact) mass is 275 g/mol. The van der Waals surface area contributed by atoms with Gasteiger partial charge in [0.05, 0.1) is 5.69 Å². The summed E-state index contributed by atoms with van der Waals surface area (Å²) in [5, 5.41) is 3.19. The summed E-state index contributed by atoms with van der Waals surface area (Å²) in [7, 11) is 0. The first kappa shape index (κ1) is 13.7. The molecule has 1 fully saturated rings. The van der Waals surface area contributed by atoms with Crippen LogP contribution in [-0.2, 0) is 17.6 Å². The molecule has 0 bridgehead atoms. The summed E-state index contributed by atoms with van der Waals surface area (Å²) < 4.78 is 0. The number of hydrogen-bond donors (Lipinski definition) is 2. The van der Waals surface area contributed by atoms with Crippen molar-refractivity contribution >= 4 is 5.91 Å². The molecule has 0 spiro atoms. The van der Waals surface area contributed by atoms with Crippen LogP contribution >= 0.6 is 0 Å². The summed E-state index contributed by atoms with van der Waals surface area (Å²) in [6.45, 7) is 2.86. The Hall–Kier alpha value is -1.32. The molecule has 1 aromatic heterocycles. The molecular formula is C16H25N3O. The van der Waals surface area contributed by atoms with E-state index in [1.54, 1.807) is 0 Å². The lowest BCUT2D eigenvalue weighted by Crippen LogP contribution is -2.37. The molecule has 20 heavy (non-hydrogen) atoms. The number of imidazole rings is 1. The van der Waals surface area contributed by atoms with Crippen LogP contribution in [0.5, 0.6) is 0 Å². The van der Waals surface area contributed by atoms with Crippen LogP contribution in [-0.4, -0.2) is 22.4 Å². The number of H-pyrrole nitrogens is 1. The van der Waals surface area contributed by atoms with Crippen LogP contribution in [0.4, 0.5) is 0 Å². The van der Waals surface area contributed by atoms with Gasteiger partial charge < -0.3 is 10.3 Å². The van der Waals surface area contributed by atoms with E-state index in [1.807, 2.05) is 6.92 Å². The van der Waals surface area contributed by atoms with Crippen molar-refractivity contribution in [3.8, 4) is 0 Å². The third-order valence-electron chi connectivity index (χ3n) is 4.82. The summed E-state index contributed by atoms with van der Waals surface area (Å²) in [5.74, 6) is 2.05. The zero-order valence-electron chi connectivity index (χ0n) is 12.4. The molecule has 0 radical (unpaired) electrons. The molecule has 2 aliphatic carbocycles. The number of nitrogens with one attached hydrogen (secondary N) is 2. The second-order valence-electron chi connectivity index (χ2n) is 6.44. The average molecular weight is 275 g/mol. The van der Waals surface area contributed by atoms with Gasteiger partial charge in [-0.15, -0.1) is 0 Å². The Morgan fingerprint density at radius 1 is 1.30 bits per heavy atom. The Kier molecular flexibility index (Phi) is 4.08. The fraction of sp³-hybridized carbons (Fsp3) is 0.750. The van der Waals surface area contributed by atoms with E-state index in [9.17, 15) is 4.79 Å². The Balaban J connectivity index is 1.50. The summed E-state index contributed by atoms with van der Waals surface area (Å²) in [4.78, 5) is 20.1. The third-order valence-corrected chi connectivity index (χ3v) is 4.82. The molecule has 0 saturated heterocycles. The highest BCUT2D eigenvalue weighted by Crippen LogP contribution is 2.25. The number of rotatable bonds is 3. The smallest absolute Gasteiger partial charge is 0.223 e. The van der Waals surface area contributed by atoms with Gasteiger partial charge in [0.25, 0.3) is 0 Å². The largest absolute Gasteiger partial charge is 0.356 e. The van der Waals surface area contributed by atoms with Crippen LogP contribution in [0.3, 0.4) is 0 Å². The van der Waals surface area contributed by atoms with Gasteiger partial charge in [0.2, 0.25) is 5.91 Å². The first-order valence-electron chi connectivity index (χ1n) is 8.04. The standard InChI is InChI=1S/C16H25N3O/c1-11-18-14-8-7-13(9-15(14)19-11)16(20)17-10-12-5-3-2-4-6-12/h12-13H,2-10H2,1H3,(H,17,20)(H,18,19). The van der Waals surface area contributed by atoms with Crippen molar-refractivity contribution < 1.29 is 4.79 Å². The molecule has 110 valence electrons. The van der Waals surface area contributed by atoms with Gasteiger partial charge in [0.1, 0.15) is 5.82 Å². The van der Waals surface area contributed by atoms with Crippen molar-refractivity contribution in [2.45, 2.75) is 58.3 Å². The summed E-state index contributed by atoms with van der Waals surface area (Å²) in [6.07, 6.45) is 9.31. The van der Waals surface area contributed by atoms with Crippen LogP contribution in [0.25, 0.3) is 0 Å². The van der Waals surface area contributed by atoms with E-state index in [0.29, 0.717) is 5.92 Å². The number of hydrogen-bond acceptors (Lipinski definition) is 2. The normalized spacial score (nSPS) is 23.4. The number of aromatic amines is 1. The van der Waals surface area contributed by atoms with Crippen molar-refractivity contribution in [3.05, 3.63) is 17.2 Å². The molecule has 0 aliphatic heterocycles. The van der Waals surface area contributed by atoms with Gasteiger partial charge in [-0.25, -0.2) is 4.98 Å². The van der Waals surface area contributed by atoms with Crippen molar-refractivity contribution in [1.29, 1.82) is 0 Å². The average Bonchev–Trinajstić information content (AvgIpc) is 2.85. The van der Waals surface area contributed by atoms with E-state index in [1.165, 1.54) is 43.5 Å². The molecule has 1 saturated carbocycles. The quantitative estimate of drug-likeness (QED) is 0.890. The maximum absolute atomic E-state index is 12.3. The Morgan fingerprint density at radius 2 is 2.10 bits per heavy atom. The van der Waals surface area contributed by atoms with Crippen molar-refractivity contribution in [2.75, 3.05) is 6.54 Å². The van der Waals surface area contributed by atoms with Gasteiger partial charge in [0, 0.05) is 24.6 Å². The van der Waals surface area contributed by atoms with Gasteiger partial charge in [-0.05, 0) is 38.5 Å². The highest BCUT2D eigenvalue weighted by molar-refractivity contribution is 5.79. The van der Waals surface area contributed by atoms with Gasteiger partial charge >= 0.3 is 0 Å². The number of aryl methyl sites for hydroxylation is 2. The second kappa shape index (κ2) is 5.98. The summed E-state index contributed by atoms with van der Waals surface area (Å²) in [6, 6.07) is 0. The topological polar surface area (TPSA) is 57.8 Å². The molecule has 1 amide bonds. The molecule has 0 aromatic carbocycles. The number of aromatic nitrogens is 2. The summed E-state index contributed by atoms with van der Waals surface area (Å²) in [5.41, 5.74) is 2.34. The van der Waals surface area contributed by atoms with E-state index < -0.39 is 0 Å². The number of carbonyl (C=O) groups excluding carboxylic acids is 1. The van der Waals surface area contributed by atoms with Crippen molar-refractivity contribution in [2.24, 2.45) is 11.8 Å². The highest BCUT2D eigenvalue weighted by atomic mass is 16.1. The molecule has 2 N–H and O–H groups in total. The maximum atomic E-state index is 12.3. The number of carbonyl (C=O) groups is 1. The highest BCUT2D eigenvalue weighted by Gasteiger charge is 2.27. The minimum Gasteiger partial charge on any atom is -0.356 e. The lowest BCUT2D eigenvalue weighted by molar-refractivity contribution is -0.125. The van der Waals surface area contributed by atoms with Crippen LogP contribution in [0.1, 0.15) is 55.7 Å². The Bertz CT molecular complexity index is 474. The second-order valence-corrected chi connectivity index (χ2v) is 6.44. The first-order valence-corrected chi connectivity index (χ1v) is 8.04. The predicted octanol–water partition coefficient (Wildman–Crippen LogP) is 2.52. The van der Waals surface area contributed by atoms with Crippen LogP contribution in [0.2, 0.25) is 0 Å². The minimum absolute atomic E-state index is 0.131. The summed E-state index contributed by atoms with van der Waals surface area (Å²) >= 11 is 0. The van der Waals surface area contributed by atoms with Crippen molar-refractivity contribution in [3.63, 3.8) is 0 Å². The van der Waals surface area contributed by atoms with Gasteiger partial charge in [-0.2, -0.15) is 0 Å². The molecule has 2 aliphatic rings. The molecule has 1 atom stereocenters. The molecule has 3 rings (SSSR count). The zero-order valence-corrected chi connectivity index (χ0v) is 12.4. The van der Waals surface area contributed by atoms with Gasteiger partial charge in [0.15, 0.2) is 0 Å². The Morgan fingerprint density at radius 3 is 2.90 bits per heavy atom. The van der Waals surface area contributed by atoms with Crippen molar-refractivity contribution in [1.82, 2.24) is 15.3 Å². The maximum Gasteiger partial charge on any atom is 0.223 e. The first-order chi connectivity index (χ1) is 9.72. The van der Waals surface area contributed by atoms with Gasteiger partial charge in [-0.3, -0.25) is 4.79 Å². The van der Waals surface area contributed by atoms with E-state index in [0.717, 1.165) is 31.6 Å². The van der Waals surface area contributed by atoms with Crippen LogP contribution < -0.4 is 5.32 Å². The molecule has 4 nitrogen and oxygen atoms in total. The van der Waals surface area contributed by atoms with Crippen LogP contribution in [0.15, 0.2) is 0 Å². The molecule has 1 heterocycles. The molecule has 4 heteroatoms. The fourth-order valence-corrected chi connectivity index (χ4v) is 3.63. The molecule has 1 unspecified atom stereocenters. The number of fused-ring (bicyclic) bond motifs is 1. The van der Waals surface area contributed by atoms with E-state index in [2.05, 4.69) is 15.3 Å². The minimum atomic E-state index is 0.131. The lowest BCUT2D eigenvalue weighted by Gasteiger charge is -2.24. The zero-order chi connectivity index (χ0) is 13.9. The Labute approximate surface area is 120 Å². The molecular weight excluding hydrogens is 250 g/mol. The van der Waals surface area contributed by atoms with E-state index in [-0.39, 0.29) is 11.8 Å².